The van der Waals surface area contributed by atoms with E-state index in [4.69, 9.17) is 15.8 Å². The van der Waals surface area contributed by atoms with Crippen LogP contribution in [0.15, 0.2) is 85.1 Å². The van der Waals surface area contributed by atoms with Gasteiger partial charge in [-0.1, -0.05) is 55.2 Å². The molecular weight excluding hydrogens is 472 g/mol. The number of rotatable bonds is 4. The molecule has 38 heavy (non-hydrogen) atoms. The molecule has 0 spiro atoms. The molecule has 6 nitrogen and oxygen atoms in total. The number of pyridine rings is 2. The lowest BCUT2D eigenvalue weighted by molar-refractivity contribution is 0.0697. The van der Waals surface area contributed by atoms with Crippen molar-refractivity contribution in [2.45, 2.75) is 45.1 Å². The fourth-order valence-electron chi connectivity index (χ4n) is 5.01. The SMILES string of the molecule is Cc1ccc2nc(-c3ccnc4ccccc34)ccc2c1.Nc1cc(C(=O)O)ccc1NC1CCCCC1. The number of aromatic nitrogens is 2. The normalized spacial score (nSPS) is 13.6. The lowest BCUT2D eigenvalue weighted by Gasteiger charge is -2.24. The molecule has 0 saturated heterocycles. The van der Waals surface area contributed by atoms with Crippen LogP contribution >= 0.6 is 0 Å². The third kappa shape index (κ3) is 5.75. The number of anilines is 2. The Kier molecular flexibility index (Phi) is 7.50. The van der Waals surface area contributed by atoms with Gasteiger partial charge in [-0.15, -0.1) is 0 Å². The molecule has 192 valence electrons. The van der Waals surface area contributed by atoms with E-state index in [9.17, 15) is 4.79 Å². The molecule has 5 aromatic rings. The van der Waals surface area contributed by atoms with Crippen LogP contribution in [0.3, 0.4) is 0 Å². The van der Waals surface area contributed by atoms with Crippen molar-refractivity contribution in [3.8, 4) is 11.3 Å². The van der Waals surface area contributed by atoms with Crippen molar-refractivity contribution in [1.29, 1.82) is 0 Å². The number of fused-ring (bicyclic) bond motifs is 2. The highest BCUT2D eigenvalue weighted by molar-refractivity contribution is 5.94. The van der Waals surface area contributed by atoms with Crippen LogP contribution in [0, 0.1) is 6.92 Å². The Bertz CT molecular complexity index is 1590. The average Bonchev–Trinajstić information content (AvgIpc) is 2.94. The largest absolute Gasteiger partial charge is 0.478 e. The van der Waals surface area contributed by atoms with Gasteiger partial charge in [0.15, 0.2) is 0 Å². The second kappa shape index (κ2) is 11.3. The third-order valence-corrected chi connectivity index (χ3v) is 7.03. The molecule has 0 atom stereocenters. The van der Waals surface area contributed by atoms with Crippen LogP contribution in [0.1, 0.15) is 48.0 Å². The van der Waals surface area contributed by atoms with Gasteiger partial charge >= 0.3 is 5.97 Å². The zero-order valence-corrected chi connectivity index (χ0v) is 21.5. The standard InChI is InChI=1S/C19H14N2.C13H18N2O2/c1-13-6-8-17-14(12-13)7-9-19(21-17)16-10-11-20-18-5-3-2-4-15(16)18;14-11-8-9(13(16)17)6-7-12(11)15-10-4-2-1-3-5-10/h2-12H,1H3;6-8,10,15H,1-5,14H2,(H,16,17). The van der Waals surface area contributed by atoms with Crippen molar-refractivity contribution >= 4 is 39.1 Å². The van der Waals surface area contributed by atoms with E-state index in [-0.39, 0.29) is 5.56 Å². The van der Waals surface area contributed by atoms with Gasteiger partial charge in [-0.05, 0) is 68.3 Å². The number of carbonyl (C=O) groups is 1. The van der Waals surface area contributed by atoms with Crippen LogP contribution in [0.25, 0.3) is 33.1 Å². The molecule has 1 aliphatic carbocycles. The Morgan fingerprint density at radius 3 is 2.53 bits per heavy atom. The molecule has 6 rings (SSSR count). The summed E-state index contributed by atoms with van der Waals surface area (Å²) in [7, 11) is 0. The molecule has 4 N–H and O–H groups in total. The molecular formula is C32H32N4O2. The fraction of sp³-hybridized carbons (Fsp3) is 0.219. The van der Waals surface area contributed by atoms with Crippen molar-refractivity contribution in [3.05, 3.63) is 96.2 Å². The number of nitrogens with zero attached hydrogens (tertiary/aromatic N) is 2. The first-order valence-electron chi connectivity index (χ1n) is 13.1. The number of aromatic carboxylic acids is 1. The molecule has 1 aliphatic rings. The predicted molar refractivity (Wildman–Crippen MR) is 156 cm³/mol. The molecule has 0 bridgehead atoms. The summed E-state index contributed by atoms with van der Waals surface area (Å²) in [5, 5.41) is 14.6. The summed E-state index contributed by atoms with van der Waals surface area (Å²) < 4.78 is 0. The monoisotopic (exact) mass is 504 g/mol. The Hall–Kier alpha value is -4.45. The van der Waals surface area contributed by atoms with E-state index >= 15 is 0 Å². The molecule has 0 aliphatic heterocycles. The minimum absolute atomic E-state index is 0.233. The van der Waals surface area contributed by atoms with Gasteiger partial charge in [0, 0.05) is 28.6 Å². The van der Waals surface area contributed by atoms with E-state index in [0.29, 0.717) is 11.7 Å². The van der Waals surface area contributed by atoms with Crippen molar-refractivity contribution < 1.29 is 9.90 Å². The number of benzene rings is 3. The second-order valence-electron chi connectivity index (χ2n) is 9.85. The van der Waals surface area contributed by atoms with Crippen LogP contribution in [-0.2, 0) is 0 Å². The number of aryl methyl sites for hydroxylation is 1. The van der Waals surface area contributed by atoms with Gasteiger partial charge in [0.1, 0.15) is 0 Å². The first-order valence-corrected chi connectivity index (χ1v) is 13.1. The summed E-state index contributed by atoms with van der Waals surface area (Å²) >= 11 is 0. The van der Waals surface area contributed by atoms with E-state index in [2.05, 4.69) is 53.6 Å². The summed E-state index contributed by atoms with van der Waals surface area (Å²) in [6.45, 7) is 2.10. The highest BCUT2D eigenvalue weighted by Gasteiger charge is 2.14. The smallest absolute Gasteiger partial charge is 0.335 e. The number of hydrogen-bond acceptors (Lipinski definition) is 5. The maximum absolute atomic E-state index is 10.8. The number of nitrogens with two attached hydrogens (primary N) is 1. The van der Waals surface area contributed by atoms with Gasteiger partial charge in [-0.25, -0.2) is 9.78 Å². The molecule has 0 radical (unpaired) electrons. The summed E-state index contributed by atoms with van der Waals surface area (Å²) in [6, 6.07) is 26.1. The summed E-state index contributed by atoms with van der Waals surface area (Å²) in [5.74, 6) is -0.944. The van der Waals surface area contributed by atoms with Gasteiger partial charge < -0.3 is 16.2 Å². The molecule has 1 fully saturated rings. The van der Waals surface area contributed by atoms with Crippen molar-refractivity contribution in [1.82, 2.24) is 9.97 Å². The third-order valence-electron chi connectivity index (χ3n) is 7.03. The van der Waals surface area contributed by atoms with Gasteiger partial charge in [-0.3, -0.25) is 4.98 Å². The maximum atomic E-state index is 10.8. The van der Waals surface area contributed by atoms with Crippen LogP contribution in [0.2, 0.25) is 0 Å². The number of nitrogens with one attached hydrogen (secondary N) is 1. The topological polar surface area (TPSA) is 101 Å². The number of carboxylic acids is 1. The second-order valence-corrected chi connectivity index (χ2v) is 9.85. The Morgan fingerprint density at radius 2 is 1.74 bits per heavy atom. The summed E-state index contributed by atoms with van der Waals surface area (Å²) in [4.78, 5) is 20.0. The van der Waals surface area contributed by atoms with Crippen molar-refractivity contribution in [3.63, 3.8) is 0 Å². The quantitative estimate of drug-likeness (QED) is 0.219. The molecule has 0 amide bonds. The number of para-hydroxylation sites is 1. The van der Waals surface area contributed by atoms with E-state index in [1.807, 2.05) is 30.5 Å². The lowest BCUT2D eigenvalue weighted by atomic mass is 9.95. The Balaban J connectivity index is 0.000000159. The maximum Gasteiger partial charge on any atom is 0.335 e. The highest BCUT2D eigenvalue weighted by atomic mass is 16.4. The minimum atomic E-state index is -0.944. The number of hydrogen-bond donors (Lipinski definition) is 3. The first-order chi connectivity index (χ1) is 18.5. The lowest BCUT2D eigenvalue weighted by Crippen LogP contribution is -2.22. The van der Waals surface area contributed by atoms with E-state index in [0.717, 1.165) is 33.4 Å². The molecule has 3 aromatic carbocycles. The van der Waals surface area contributed by atoms with Crippen LogP contribution in [0.4, 0.5) is 11.4 Å². The van der Waals surface area contributed by atoms with Gasteiger partial charge in [-0.2, -0.15) is 0 Å². The predicted octanol–water partition coefficient (Wildman–Crippen LogP) is 7.47. The molecule has 0 unspecified atom stereocenters. The minimum Gasteiger partial charge on any atom is -0.478 e. The average molecular weight is 505 g/mol. The fourth-order valence-corrected chi connectivity index (χ4v) is 5.01. The van der Waals surface area contributed by atoms with Crippen LogP contribution < -0.4 is 11.1 Å². The van der Waals surface area contributed by atoms with Crippen molar-refractivity contribution in [2.24, 2.45) is 0 Å². The van der Waals surface area contributed by atoms with Gasteiger partial charge in [0.2, 0.25) is 0 Å². The number of nitrogen functional groups attached to an aromatic ring is 1. The summed E-state index contributed by atoms with van der Waals surface area (Å²) in [5.41, 5.74) is 12.8. The molecule has 6 heteroatoms. The van der Waals surface area contributed by atoms with Crippen LogP contribution in [-0.4, -0.2) is 27.1 Å². The molecule has 2 heterocycles. The zero-order chi connectivity index (χ0) is 26.5. The van der Waals surface area contributed by atoms with Gasteiger partial charge in [0.25, 0.3) is 0 Å². The Labute approximate surface area is 222 Å². The summed E-state index contributed by atoms with van der Waals surface area (Å²) in [6.07, 6.45) is 8.00. The Morgan fingerprint density at radius 1 is 0.921 bits per heavy atom. The van der Waals surface area contributed by atoms with Crippen molar-refractivity contribution in [2.75, 3.05) is 11.1 Å². The molecule has 1 saturated carbocycles. The first kappa shape index (κ1) is 25.2. The van der Waals surface area contributed by atoms with E-state index in [1.54, 1.807) is 12.1 Å². The molecule has 2 aromatic heterocycles. The van der Waals surface area contributed by atoms with E-state index < -0.39 is 5.97 Å². The highest BCUT2D eigenvalue weighted by Crippen LogP contribution is 2.28. The van der Waals surface area contributed by atoms with Gasteiger partial charge in [0.05, 0.1) is 33.7 Å². The zero-order valence-electron chi connectivity index (χ0n) is 21.5. The van der Waals surface area contributed by atoms with Crippen LogP contribution in [0.5, 0.6) is 0 Å². The number of carboxylic acid groups (broad SMARTS) is 1. The van der Waals surface area contributed by atoms with E-state index in [1.165, 1.54) is 49.1 Å².